The Morgan fingerprint density at radius 1 is 1.21 bits per heavy atom. The van der Waals surface area contributed by atoms with E-state index in [0.717, 1.165) is 11.0 Å². The third-order valence-electron chi connectivity index (χ3n) is 4.01. The fourth-order valence-electron chi connectivity index (χ4n) is 3.19. The third-order valence-corrected chi connectivity index (χ3v) is 4.74. The lowest BCUT2D eigenvalue weighted by Gasteiger charge is -2.31. The summed E-state index contributed by atoms with van der Waals surface area (Å²) in [6.45, 7) is 1.20. The van der Waals surface area contributed by atoms with Gasteiger partial charge in [-0.25, -0.2) is 9.59 Å². The van der Waals surface area contributed by atoms with Crippen molar-refractivity contribution in [3.05, 3.63) is 29.3 Å². The molecule has 15 heteroatoms. The number of hydrogen-bond donors (Lipinski definition) is 2. The van der Waals surface area contributed by atoms with Crippen molar-refractivity contribution in [3.63, 3.8) is 0 Å². The van der Waals surface area contributed by atoms with Gasteiger partial charge in [0, 0.05) is 5.56 Å². The van der Waals surface area contributed by atoms with Crippen LogP contribution in [-0.2, 0) is 34.6 Å². The van der Waals surface area contributed by atoms with Crippen molar-refractivity contribution in [2.24, 2.45) is 0 Å². The smallest absolute Gasteiger partial charge is 0.446 e. The molecule has 1 aromatic rings. The quantitative estimate of drug-likeness (QED) is 0.451. The predicted molar refractivity (Wildman–Crippen MR) is 87.3 cm³/mol. The number of nitrogens with zero attached hydrogens (tertiary/aromatic N) is 2. The van der Waals surface area contributed by atoms with Gasteiger partial charge in [-0.1, -0.05) is 12.1 Å². The number of benzene rings is 1. The molecule has 2 aliphatic rings. The van der Waals surface area contributed by atoms with E-state index in [4.69, 9.17) is 13.8 Å². The van der Waals surface area contributed by atoms with Gasteiger partial charge in [0.25, 0.3) is 0 Å². The summed E-state index contributed by atoms with van der Waals surface area (Å²) < 4.78 is 76.3. The van der Waals surface area contributed by atoms with Crippen LogP contribution in [0.4, 0.5) is 4.79 Å². The van der Waals surface area contributed by atoms with Crippen LogP contribution in [0, 0.1) is 0 Å². The lowest BCUT2D eigenvalue weighted by molar-refractivity contribution is -0.148. The van der Waals surface area contributed by atoms with Crippen LogP contribution in [0.15, 0.2) is 18.2 Å². The minimum atomic E-state index is -5.12. The maximum Gasteiger partial charge on any atom is 0.446 e. The Kier molecular flexibility index (Phi) is 4.96. The van der Waals surface area contributed by atoms with Crippen molar-refractivity contribution >= 4 is 32.8 Å². The summed E-state index contributed by atoms with van der Waals surface area (Å²) in [5.74, 6) is -1.33. The summed E-state index contributed by atoms with van der Waals surface area (Å²) in [5, 5.41) is 0.268. The van der Waals surface area contributed by atoms with Gasteiger partial charge in [-0.3, -0.25) is 9.11 Å². The summed E-state index contributed by atoms with van der Waals surface area (Å²) in [6.07, 6.45) is 0. The summed E-state index contributed by atoms with van der Waals surface area (Å²) in [4.78, 5) is 26.0. The molecule has 2 amide bonds. The molecule has 2 bridgehead atoms. The van der Waals surface area contributed by atoms with Gasteiger partial charge in [-0.2, -0.15) is 21.9 Å². The standard InChI is InChI=1S/C13H14N2O11S2/c1-2-24-12(16)11-7-4-3-5-9(25-27(18,19)20)10(7)8-6-14(11)13(17)15(8)26-28(21,22)23/h3-5,8,11H,2,6H2,1H3,(H,18,19,20)(H,21,22,23)/t8-,11?/m1/s1. The predicted octanol–water partition coefficient (Wildman–Crippen LogP) is -0.000900. The molecule has 1 fully saturated rings. The van der Waals surface area contributed by atoms with Crippen LogP contribution in [0.25, 0.3) is 0 Å². The Morgan fingerprint density at radius 3 is 2.46 bits per heavy atom. The Morgan fingerprint density at radius 2 is 1.89 bits per heavy atom. The van der Waals surface area contributed by atoms with E-state index in [0.29, 0.717) is 0 Å². The molecule has 2 N–H and O–H groups in total. The zero-order chi connectivity index (χ0) is 20.9. The molecule has 1 saturated heterocycles. The normalized spacial score (nSPS) is 21.5. The molecule has 0 aromatic heterocycles. The number of amides is 2. The third kappa shape index (κ3) is 3.74. The first-order valence-corrected chi connectivity index (χ1v) is 10.4. The molecule has 28 heavy (non-hydrogen) atoms. The maximum atomic E-state index is 12.6. The molecular formula is C13H14N2O11S2. The molecule has 0 saturated carbocycles. The topological polar surface area (TPSA) is 177 Å². The van der Waals surface area contributed by atoms with E-state index in [9.17, 15) is 26.4 Å². The molecule has 2 atom stereocenters. The first kappa shape index (κ1) is 20.3. The molecule has 2 aliphatic heterocycles. The first-order chi connectivity index (χ1) is 12.9. The Bertz CT molecular complexity index is 1040. The van der Waals surface area contributed by atoms with E-state index in [1.807, 2.05) is 0 Å². The van der Waals surface area contributed by atoms with Crippen LogP contribution in [0.2, 0.25) is 0 Å². The second-order valence-corrected chi connectivity index (χ2v) is 7.73. The molecule has 13 nitrogen and oxygen atoms in total. The van der Waals surface area contributed by atoms with Crippen molar-refractivity contribution in [1.29, 1.82) is 0 Å². The van der Waals surface area contributed by atoms with Crippen molar-refractivity contribution < 1.29 is 48.7 Å². The number of rotatable bonds is 6. The molecule has 0 spiro atoms. The average Bonchev–Trinajstić information content (AvgIpc) is 2.79. The Hall–Kier alpha value is -2.46. The molecule has 1 unspecified atom stereocenters. The van der Waals surface area contributed by atoms with E-state index < -0.39 is 50.6 Å². The summed E-state index contributed by atoms with van der Waals surface area (Å²) >= 11 is 0. The SMILES string of the molecule is CCOC(=O)C1c2cccc(OS(=O)(=O)O)c2[C@H]2CN1C(=O)N2OS(=O)(=O)O. The Balaban J connectivity index is 2.19. The second kappa shape index (κ2) is 6.85. The van der Waals surface area contributed by atoms with Gasteiger partial charge >= 0.3 is 32.8 Å². The highest BCUT2D eigenvalue weighted by Gasteiger charge is 2.54. The minimum Gasteiger partial charge on any atom is -0.464 e. The molecule has 2 heterocycles. The fourth-order valence-corrected chi connectivity index (χ4v) is 3.94. The first-order valence-electron chi connectivity index (χ1n) is 7.66. The van der Waals surface area contributed by atoms with Crippen molar-refractivity contribution in [2.75, 3.05) is 13.2 Å². The van der Waals surface area contributed by atoms with Crippen molar-refractivity contribution in [3.8, 4) is 5.75 Å². The van der Waals surface area contributed by atoms with E-state index in [1.165, 1.54) is 19.1 Å². The zero-order valence-electron chi connectivity index (χ0n) is 14.1. The van der Waals surface area contributed by atoms with Gasteiger partial charge in [0.2, 0.25) is 0 Å². The number of carbonyl (C=O) groups is 2. The van der Waals surface area contributed by atoms with Crippen LogP contribution < -0.4 is 4.18 Å². The van der Waals surface area contributed by atoms with E-state index in [-0.39, 0.29) is 29.3 Å². The van der Waals surface area contributed by atoms with Crippen LogP contribution in [0.3, 0.4) is 0 Å². The van der Waals surface area contributed by atoms with E-state index in [2.05, 4.69) is 8.47 Å². The Labute approximate surface area is 159 Å². The van der Waals surface area contributed by atoms with E-state index in [1.54, 1.807) is 0 Å². The highest BCUT2D eigenvalue weighted by Crippen LogP contribution is 2.48. The minimum absolute atomic E-state index is 0.0252. The van der Waals surface area contributed by atoms with Crippen LogP contribution in [0.5, 0.6) is 5.75 Å². The van der Waals surface area contributed by atoms with Crippen LogP contribution >= 0.6 is 0 Å². The van der Waals surface area contributed by atoms with Crippen LogP contribution in [-0.4, -0.2) is 61.1 Å². The summed E-state index contributed by atoms with van der Waals surface area (Å²) in [7, 11) is -10.1. The van der Waals surface area contributed by atoms with Crippen molar-refractivity contribution in [1.82, 2.24) is 9.96 Å². The number of hydrogen-bond acceptors (Lipinski definition) is 9. The van der Waals surface area contributed by atoms with Gasteiger partial charge < -0.3 is 13.8 Å². The maximum absolute atomic E-state index is 12.6. The van der Waals surface area contributed by atoms with Gasteiger partial charge in [-0.15, -0.1) is 4.28 Å². The highest BCUT2D eigenvalue weighted by molar-refractivity contribution is 7.81. The monoisotopic (exact) mass is 438 g/mol. The molecule has 154 valence electrons. The van der Waals surface area contributed by atoms with Crippen LogP contribution in [0.1, 0.15) is 30.1 Å². The number of urea groups is 1. The molecule has 1 aromatic carbocycles. The number of ether oxygens (including phenoxy) is 1. The van der Waals surface area contributed by atoms with Gasteiger partial charge in [0.1, 0.15) is 6.04 Å². The molecule has 0 aliphatic carbocycles. The number of esters is 1. The van der Waals surface area contributed by atoms with Gasteiger partial charge in [0.05, 0.1) is 13.2 Å². The molecular weight excluding hydrogens is 424 g/mol. The second-order valence-electron chi connectivity index (χ2n) is 5.70. The number of hydroxylamine groups is 2. The lowest BCUT2D eigenvalue weighted by atomic mass is 9.90. The number of carbonyl (C=O) groups excluding carboxylic acids is 2. The lowest BCUT2D eigenvalue weighted by Crippen LogP contribution is -2.39. The summed E-state index contributed by atoms with van der Waals surface area (Å²) in [5.41, 5.74) is -0.0328. The van der Waals surface area contributed by atoms with E-state index >= 15 is 0 Å². The number of fused-ring (bicyclic) bond motifs is 4. The largest absolute Gasteiger partial charge is 0.464 e. The summed E-state index contributed by atoms with van der Waals surface area (Å²) in [6, 6.07) is 0.0766. The van der Waals surface area contributed by atoms with Gasteiger partial charge in [-0.05, 0) is 18.6 Å². The average molecular weight is 438 g/mol. The highest BCUT2D eigenvalue weighted by atomic mass is 32.3. The van der Waals surface area contributed by atoms with Gasteiger partial charge in [0.15, 0.2) is 11.8 Å². The molecule has 3 rings (SSSR count). The molecule has 0 radical (unpaired) electrons. The fraction of sp³-hybridized carbons (Fsp3) is 0.385. The zero-order valence-corrected chi connectivity index (χ0v) is 15.7. The van der Waals surface area contributed by atoms with Crippen molar-refractivity contribution in [2.45, 2.75) is 19.0 Å².